The Bertz CT molecular complexity index is 292. The van der Waals surface area contributed by atoms with Crippen molar-refractivity contribution in [2.75, 3.05) is 16.8 Å². The van der Waals surface area contributed by atoms with E-state index in [1.54, 1.807) is 6.07 Å². The highest BCUT2D eigenvalue weighted by molar-refractivity contribution is 5.48. The Hall–Kier alpha value is -1.52. The van der Waals surface area contributed by atoms with Crippen molar-refractivity contribution in [1.82, 2.24) is 9.97 Å². The van der Waals surface area contributed by atoms with Crippen LogP contribution in [-0.4, -0.2) is 16.0 Å². The monoisotopic (exact) mass is 209 g/mol. The fraction of sp³-hybridized carbons (Fsp3) is 0.600. The molecule has 15 heavy (non-hydrogen) atoms. The number of nitrogens with one attached hydrogen (secondary N) is 1. The fourth-order valence-electron chi connectivity index (χ4n) is 1.50. The number of rotatable bonds is 5. The van der Waals surface area contributed by atoms with Crippen molar-refractivity contribution in [3.05, 3.63) is 6.07 Å². The number of anilines is 3. The average Bonchev–Trinajstić information content (AvgIpc) is 2.15. The minimum atomic E-state index is 0.212. The predicted molar refractivity (Wildman–Crippen MR) is 63.5 cm³/mol. The molecule has 0 fully saturated rings. The SMILES string of the molecule is CCCC(CC)Nc1cc(N)nc(N)n1. The van der Waals surface area contributed by atoms with E-state index in [-0.39, 0.29) is 5.95 Å². The van der Waals surface area contributed by atoms with Crippen molar-refractivity contribution in [2.24, 2.45) is 0 Å². The molecule has 1 aromatic heterocycles. The lowest BCUT2D eigenvalue weighted by atomic mass is 10.1. The van der Waals surface area contributed by atoms with Crippen LogP contribution in [0.3, 0.4) is 0 Å². The van der Waals surface area contributed by atoms with Gasteiger partial charge < -0.3 is 16.8 Å². The third kappa shape index (κ3) is 3.61. The lowest BCUT2D eigenvalue weighted by Gasteiger charge is -2.16. The van der Waals surface area contributed by atoms with Gasteiger partial charge in [-0.3, -0.25) is 0 Å². The maximum atomic E-state index is 5.58. The summed E-state index contributed by atoms with van der Waals surface area (Å²) < 4.78 is 0. The molecule has 1 atom stereocenters. The highest BCUT2D eigenvalue weighted by atomic mass is 15.1. The lowest BCUT2D eigenvalue weighted by Crippen LogP contribution is -2.19. The summed E-state index contributed by atoms with van der Waals surface area (Å²) >= 11 is 0. The molecule has 0 aliphatic carbocycles. The molecule has 0 radical (unpaired) electrons. The Balaban J connectivity index is 2.69. The number of hydrogen-bond donors (Lipinski definition) is 3. The van der Waals surface area contributed by atoms with Gasteiger partial charge in [0.1, 0.15) is 11.6 Å². The van der Waals surface area contributed by atoms with E-state index in [4.69, 9.17) is 11.5 Å². The van der Waals surface area contributed by atoms with Crippen molar-refractivity contribution < 1.29 is 0 Å². The largest absolute Gasteiger partial charge is 0.383 e. The van der Waals surface area contributed by atoms with E-state index in [1.807, 2.05) is 0 Å². The predicted octanol–water partition coefficient (Wildman–Crippen LogP) is 1.63. The van der Waals surface area contributed by atoms with Crippen LogP contribution in [0.2, 0.25) is 0 Å². The van der Waals surface area contributed by atoms with Gasteiger partial charge in [0.2, 0.25) is 5.95 Å². The van der Waals surface area contributed by atoms with Gasteiger partial charge in [0.15, 0.2) is 0 Å². The van der Waals surface area contributed by atoms with Gasteiger partial charge in [-0.15, -0.1) is 0 Å². The first-order chi connectivity index (χ1) is 7.15. The van der Waals surface area contributed by atoms with Crippen LogP contribution in [0.5, 0.6) is 0 Å². The first kappa shape index (κ1) is 11.6. The second kappa shape index (κ2) is 5.38. The van der Waals surface area contributed by atoms with Gasteiger partial charge in [0.05, 0.1) is 0 Å². The molecule has 5 nitrogen and oxygen atoms in total. The third-order valence-corrected chi connectivity index (χ3v) is 2.25. The molecule has 5 heteroatoms. The smallest absolute Gasteiger partial charge is 0.223 e. The number of nitrogens with two attached hydrogens (primary N) is 2. The van der Waals surface area contributed by atoms with Crippen molar-refractivity contribution in [1.29, 1.82) is 0 Å². The number of aromatic nitrogens is 2. The summed E-state index contributed by atoms with van der Waals surface area (Å²) in [6.07, 6.45) is 3.31. The molecule has 0 aliphatic heterocycles. The molecule has 5 N–H and O–H groups in total. The molecule has 0 aromatic carbocycles. The van der Waals surface area contributed by atoms with Crippen molar-refractivity contribution >= 4 is 17.6 Å². The van der Waals surface area contributed by atoms with E-state index >= 15 is 0 Å². The van der Waals surface area contributed by atoms with Crippen LogP contribution >= 0.6 is 0 Å². The zero-order valence-electron chi connectivity index (χ0n) is 9.33. The Morgan fingerprint density at radius 1 is 1.33 bits per heavy atom. The highest BCUT2D eigenvalue weighted by Crippen LogP contribution is 2.13. The third-order valence-electron chi connectivity index (χ3n) is 2.25. The van der Waals surface area contributed by atoms with Gasteiger partial charge >= 0.3 is 0 Å². The molecular formula is C10H19N5. The Kier molecular flexibility index (Phi) is 4.15. The maximum Gasteiger partial charge on any atom is 0.223 e. The van der Waals surface area contributed by atoms with Gasteiger partial charge in [-0.1, -0.05) is 20.3 Å². The second-order valence-corrected chi connectivity index (χ2v) is 3.57. The minimum absolute atomic E-state index is 0.212. The summed E-state index contributed by atoms with van der Waals surface area (Å²) in [7, 11) is 0. The van der Waals surface area contributed by atoms with E-state index < -0.39 is 0 Å². The fourth-order valence-corrected chi connectivity index (χ4v) is 1.50. The van der Waals surface area contributed by atoms with Crippen molar-refractivity contribution in [3.63, 3.8) is 0 Å². The van der Waals surface area contributed by atoms with Crippen molar-refractivity contribution in [2.45, 2.75) is 39.2 Å². The zero-order valence-corrected chi connectivity index (χ0v) is 9.33. The molecule has 1 unspecified atom stereocenters. The molecular weight excluding hydrogens is 190 g/mol. The summed E-state index contributed by atoms with van der Waals surface area (Å²) in [5.74, 6) is 1.32. The van der Waals surface area contributed by atoms with Gasteiger partial charge in [0.25, 0.3) is 0 Å². The van der Waals surface area contributed by atoms with Crippen LogP contribution in [0.1, 0.15) is 33.1 Å². The second-order valence-electron chi connectivity index (χ2n) is 3.57. The first-order valence-electron chi connectivity index (χ1n) is 5.32. The summed E-state index contributed by atoms with van der Waals surface area (Å²) in [6.45, 7) is 4.30. The molecule has 0 bridgehead atoms. The summed E-state index contributed by atoms with van der Waals surface area (Å²) in [6, 6.07) is 2.12. The number of hydrogen-bond acceptors (Lipinski definition) is 5. The van der Waals surface area contributed by atoms with Crippen LogP contribution in [0, 0.1) is 0 Å². The average molecular weight is 209 g/mol. The normalized spacial score (nSPS) is 12.4. The quantitative estimate of drug-likeness (QED) is 0.685. The maximum absolute atomic E-state index is 5.58. The zero-order chi connectivity index (χ0) is 11.3. The van der Waals surface area contributed by atoms with E-state index in [9.17, 15) is 0 Å². The van der Waals surface area contributed by atoms with E-state index in [1.165, 1.54) is 0 Å². The Morgan fingerprint density at radius 2 is 2.07 bits per heavy atom. The molecule has 0 amide bonds. The molecule has 0 aliphatic rings. The summed E-state index contributed by atoms with van der Waals surface area (Å²) in [5.41, 5.74) is 11.1. The Labute approximate surface area is 90.3 Å². The minimum Gasteiger partial charge on any atom is -0.383 e. The van der Waals surface area contributed by atoms with Crippen molar-refractivity contribution in [3.8, 4) is 0 Å². The Morgan fingerprint density at radius 3 is 2.60 bits per heavy atom. The van der Waals surface area contributed by atoms with Gasteiger partial charge in [-0.25, -0.2) is 0 Å². The van der Waals surface area contributed by atoms with E-state index in [0.717, 1.165) is 19.3 Å². The standard InChI is InChI=1S/C10H19N5/c1-3-5-7(4-2)13-9-6-8(11)14-10(12)15-9/h6-7H,3-5H2,1-2H3,(H5,11,12,13,14,15). The highest BCUT2D eigenvalue weighted by Gasteiger charge is 2.06. The van der Waals surface area contributed by atoms with Crippen LogP contribution in [-0.2, 0) is 0 Å². The van der Waals surface area contributed by atoms with E-state index in [2.05, 4.69) is 29.1 Å². The molecule has 0 saturated heterocycles. The number of nitrogen functional groups attached to an aromatic ring is 2. The molecule has 84 valence electrons. The van der Waals surface area contributed by atoms with Crippen LogP contribution in [0.4, 0.5) is 17.6 Å². The van der Waals surface area contributed by atoms with Gasteiger partial charge in [0, 0.05) is 12.1 Å². The molecule has 1 heterocycles. The molecule has 0 spiro atoms. The first-order valence-corrected chi connectivity index (χ1v) is 5.32. The lowest BCUT2D eigenvalue weighted by molar-refractivity contribution is 0.620. The topological polar surface area (TPSA) is 89.8 Å². The van der Waals surface area contributed by atoms with Gasteiger partial charge in [-0.2, -0.15) is 9.97 Å². The van der Waals surface area contributed by atoms with Gasteiger partial charge in [-0.05, 0) is 12.8 Å². The van der Waals surface area contributed by atoms with Crippen LogP contribution < -0.4 is 16.8 Å². The summed E-state index contributed by atoms with van der Waals surface area (Å²) in [5, 5.41) is 3.30. The van der Waals surface area contributed by atoms with Crippen LogP contribution in [0.15, 0.2) is 6.07 Å². The molecule has 1 rings (SSSR count). The molecule has 1 aromatic rings. The van der Waals surface area contributed by atoms with E-state index in [0.29, 0.717) is 17.7 Å². The summed E-state index contributed by atoms with van der Waals surface area (Å²) in [4.78, 5) is 7.90. The van der Waals surface area contributed by atoms with Crippen LogP contribution in [0.25, 0.3) is 0 Å². The molecule has 0 saturated carbocycles. The number of nitrogens with zero attached hydrogens (tertiary/aromatic N) is 2.